The van der Waals surface area contributed by atoms with Crippen LogP contribution in [0.3, 0.4) is 0 Å². The van der Waals surface area contributed by atoms with Gasteiger partial charge in [0, 0.05) is 6.61 Å². The zero-order chi connectivity index (χ0) is 14.8. The van der Waals surface area contributed by atoms with Crippen molar-refractivity contribution < 1.29 is 5.11 Å². The molecule has 3 saturated carbocycles. The van der Waals surface area contributed by atoms with Crippen LogP contribution in [0, 0.1) is 40.9 Å². The van der Waals surface area contributed by atoms with E-state index >= 15 is 0 Å². The molecule has 3 fully saturated rings. The fourth-order valence-electron chi connectivity index (χ4n) is 6.53. The molecule has 0 radical (unpaired) electrons. The summed E-state index contributed by atoms with van der Waals surface area (Å²) in [7, 11) is 0. The second-order valence-electron chi connectivity index (χ2n) is 8.57. The van der Waals surface area contributed by atoms with Gasteiger partial charge >= 0.3 is 0 Å². The number of allylic oxidation sites excluding steroid dienone is 3. The number of rotatable bonds is 2. The standard InChI is InChI=1S/C20H30O/c1-12-6-8-16(13(2)11-21)17-15(12)9-7-14-5-4-10-20(3)18(14)19(17)20/h5,13,15-19,21H,1,4,6-11H2,2-3H3/t13-,15-,16+,17-,18+,19-,20+/m1/s1. The Balaban J connectivity index is 1.73. The third-order valence-corrected chi connectivity index (χ3v) is 7.67. The molecule has 0 saturated heterocycles. The topological polar surface area (TPSA) is 20.2 Å². The van der Waals surface area contributed by atoms with Crippen LogP contribution in [0.5, 0.6) is 0 Å². The molecule has 0 unspecified atom stereocenters. The maximum absolute atomic E-state index is 9.73. The maximum atomic E-state index is 9.73. The largest absolute Gasteiger partial charge is 0.396 e. The van der Waals surface area contributed by atoms with Crippen LogP contribution in [-0.4, -0.2) is 11.7 Å². The molecule has 4 aliphatic carbocycles. The van der Waals surface area contributed by atoms with Crippen LogP contribution in [0.4, 0.5) is 0 Å². The Hall–Kier alpha value is -0.560. The molecule has 0 spiro atoms. The van der Waals surface area contributed by atoms with E-state index in [0.29, 0.717) is 17.9 Å². The van der Waals surface area contributed by atoms with Gasteiger partial charge in [-0.2, -0.15) is 0 Å². The van der Waals surface area contributed by atoms with Crippen molar-refractivity contribution in [1.82, 2.24) is 0 Å². The van der Waals surface area contributed by atoms with Gasteiger partial charge in [-0.3, -0.25) is 0 Å². The van der Waals surface area contributed by atoms with Crippen molar-refractivity contribution >= 4 is 0 Å². The average Bonchev–Trinajstić information content (AvgIpc) is 3.15. The molecule has 0 aliphatic heterocycles. The highest BCUT2D eigenvalue weighted by Crippen LogP contribution is 2.74. The lowest BCUT2D eigenvalue weighted by Gasteiger charge is -2.43. The van der Waals surface area contributed by atoms with Gasteiger partial charge in [0.15, 0.2) is 0 Å². The molecular formula is C20H30O. The Labute approximate surface area is 129 Å². The van der Waals surface area contributed by atoms with Crippen LogP contribution in [-0.2, 0) is 0 Å². The third kappa shape index (κ3) is 1.86. The van der Waals surface area contributed by atoms with Gasteiger partial charge in [0.1, 0.15) is 0 Å². The normalized spacial score (nSPS) is 49.6. The molecule has 116 valence electrons. The van der Waals surface area contributed by atoms with Crippen LogP contribution < -0.4 is 0 Å². The van der Waals surface area contributed by atoms with Crippen molar-refractivity contribution in [3.05, 3.63) is 23.8 Å². The first-order valence-electron chi connectivity index (χ1n) is 9.05. The predicted octanol–water partition coefficient (Wildman–Crippen LogP) is 4.58. The second-order valence-corrected chi connectivity index (χ2v) is 8.57. The number of hydrogen-bond donors (Lipinski definition) is 1. The van der Waals surface area contributed by atoms with Crippen molar-refractivity contribution in [3.8, 4) is 0 Å². The van der Waals surface area contributed by atoms with Crippen molar-refractivity contribution in [2.75, 3.05) is 6.61 Å². The van der Waals surface area contributed by atoms with Gasteiger partial charge in [-0.15, -0.1) is 0 Å². The van der Waals surface area contributed by atoms with Gasteiger partial charge in [0.05, 0.1) is 0 Å². The van der Waals surface area contributed by atoms with Crippen LogP contribution in [0.25, 0.3) is 0 Å². The van der Waals surface area contributed by atoms with E-state index in [1.807, 2.05) is 0 Å². The minimum Gasteiger partial charge on any atom is -0.396 e. The average molecular weight is 286 g/mol. The van der Waals surface area contributed by atoms with E-state index in [0.717, 1.165) is 29.6 Å². The van der Waals surface area contributed by atoms with E-state index in [1.54, 1.807) is 5.57 Å². The lowest BCUT2D eigenvalue weighted by atomic mass is 9.62. The van der Waals surface area contributed by atoms with E-state index in [2.05, 4.69) is 26.5 Å². The molecule has 1 N–H and O–H groups in total. The highest BCUT2D eigenvalue weighted by molar-refractivity contribution is 5.33. The molecule has 1 nitrogen and oxygen atoms in total. The predicted molar refractivity (Wildman–Crippen MR) is 86.7 cm³/mol. The molecular weight excluding hydrogens is 256 g/mol. The Morgan fingerprint density at radius 3 is 2.95 bits per heavy atom. The maximum Gasteiger partial charge on any atom is 0.0459 e. The first-order valence-corrected chi connectivity index (χ1v) is 9.05. The molecule has 4 rings (SSSR count). The first-order chi connectivity index (χ1) is 10.1. The van der Waals surface area contributed by atoms with Crippen molar-refractivity contribution in [3.63, 3.8) is 0 Å². The molecule has 1 heteroatoms. The molecule has 0 aromatic carbocycles. The van der Waals surface area contributed by atoms with E-state index in [9.17, 15) is 5.11 Å². The minimum absolute atomic E-state index is 0.358. The highest BCUT2D eigenvalue weighted by atomic mass is 16.3. The Kier molecular flexibility index (Phi) is 3.16. The summed E-state index contributed by atoms with van der Waals surface area (Å²) in [6.45, 7) is 9.63. The lowest BCUT2D eigenvalue weighted by Crippen LogP contribution is -2.37. The van der Waals surface area contributed by atoms with Crippen molar-refractivity contribution in [2.45, 2.75) is 52.4 Å². The van der Waals surface area contributed by atoms with E-state index in [4.69, 9.17) is 0 Å². The monoisotopic (exact) mass is 286 g/mol. The Bertz CT molecular complexity index is 490. The molecule has 21 heavy (non-hydrogen) atoms. The zero-order valence-corrected chi connectivity index (χ0v) is 13.6. The van der Waals surface area contributed by atoms with E-state index < -0.39 is 0 Å². The van der Waals surface area contributed by atoms with Gasteiger partial charge in [-0.1, -0.05) is 37.6 Å². The van der Waals surface area contributed by atoms with E-state index in [1.165, 1.54) is 44.1 Å². The molecule has 0 heterocycles. The van der Waals surface area contributed by atoms with Gasteiger partial charge in [0.25, 0.3) is 0 Å². The van der Waals surface area contributed by atoms with Crippen molar-refractivity contribution in [1.29, 1.82) is 0 Å². The SMILES string of the molecule is C=C1CC[C@@H]([C@H](C)CO)[C@@H]2[C@@H]3[C@@H]4C(=CCC[C@]34C)CC[C@H]12. The number of hydrogen-bond acceptors (Lipinski definition) is 1. The summed E-state index contributed by atoms with van der Waals surface area (Å²) < 4.78 is 0. The summed E-state index contributed by atoms with van der Waals surface area (Å²) in [5, 5.41) is 9.73. The molecule has 7 atom stereocenters. The molecule has 0 bridgehead atoms. The lowest BCUT2D eigenvalue weighted by molar-refractivity contribution is 0.0732. The fourth-order valence-corrected chi connectivity index (χ4v) is 6.53. The van der Waals surface area contributed by atoms with E-state index in [-0.39, 0.29) is 0 Å². The number of aliphatic hydroxyl groups is 1. The minimum atomic E-state index is 0.358. The van der Waals surface area contributed by atoms with Gasteiger partial charge in [0.2, 0.25) is 0 Å². The second kappa shape index (κ2) is 4.72. The quantitative estimate of drug-likeness (QED) is 0.737. The summed E-state index contributed by atoms with van der Waals surface area (Å²) in [6.07, 6.45) is 10.4. The Morgan fingerprint density at radius 1 is 1.38 bits per heavy atom. The first kappa shape index (κ1) is 14.1. The smallest absolute Gasteiger partial charge is 0.0459 e. The van der Waals surface area contributed by atoms with Gasteiger partial charge in [-0.05, 0) is 79.4 Å². The van der Waals surface area contributed by atoms with Crippen LogP contribution in [0.15, 0.2) is 23.8 Å². The summed E-state index contributed by atoms with van der Waals surface area (Å²) in [6, 6.07) is 0. The van der Waals surface area contributed by atoms with Crippen LogP contribution in [0.2, 0.25) is 0 Å². The fraction of sp³-hybridized carbons (Fsp3) is 0.800. The zero-order valence-electron chi connectivity index (χ0n) is 13.6. The summed E-state index contributed by atoms with van der Waals surface area (Å²) >= 11 is 0. The highest BCUT2D eigenvalue weighted by Gasteiger charge is 2.68. The summed E-state index contributed by atoms with van der Waals surface area (Å²) in [5.41, 5.74) is 3.89. The number of fused-ring (bicyclic) bond motifs is 3. The summed E-state index contributed by atoms with van der Waals surface area (Å²) in [5.74, 6) is 4.47. The van der Waals surface area contributed by atoms with Gasteiger partial charge in [-0.25, -0.2) is 0 Å². The van der Waals surface area contributed by atoms with Crippen molar-refractivity contribution in [2.24, 2.45) is 40.9 Å². The van der Waals surface area contributed by atoms with Gasteiger partial charge < -0.3 is 5.11 Å². The molecule has 0 amide bonds. The summed E-state index contributed by atoms with van der Waals surface area (Å²) in [4.78, 5) is 0. The molecule has 4 aliphatic rings. The third-order valence-electron chi connectivity index (χ3n) is 7.67. The molecule has 0 aromatic rings. The van der Waals surface area contributed by atoms with Crippen LogP contribution in [0.1, 0.15) is 52.4 Å². The Morgan fingerprint density at radius 2 is 2.19 bits per heavy atom. The molecule has 0 aromatic heterocycles. The van der Waals surface area contributed by atoms with Crippen LogP contribution >= 0.6 is 0 Å². The number of aliphatic hydroxyl groups excluding tert-OH is 1.